The van der Waals surface area contributed by atoms with Gasteiger partial charge in [-0.1, -0.05) is 0 Å². The molecule has 0 aromatic heterocycles. The molecular formula is C17H20F5N3O4. The minimum Gasteiger partial charge on any atom is -0.487 e. The van der Waals surface area contributed by atoms with Gasteiger partial charge in [0.2, 0.25) is 0 Å². The molecule has 12 heteroatoms. The van der Waals surface area contributed by atoms with Crippen LogP contribution in [0.1, 0.15) is 36.0 Å². The summed E-state index contributed by atoms with van der Waals surface area (Å²) in [5.74, 6) is -2.56. The standard InChI is InChI=1S/C17H20F5N3O4/c1-23-12-7-14(29-8-15(18)19)11(6-13(12)25(27)28)16(26)24-10-4-2-9(3-5-10)17(20,21)22/h6-7,9-10,15,23H,2-5,8H2,1H3,(H,24,26)/t9-,10-. The molecule has 162 valence electrons. The summed E-state index contributed by atoms with van der Waals surface area (Å²) in [5, 5.41) is 16.3. The number of nitrogens with zero attached hydrogens (tertiary/aromatic N) is 1. The molecule has 0 unspecified atom stereocenters. The van der Waals surface area contributed by atoms with Crippen LogP contribution in [-0.2, 0) is 0 Å². The highest BCUT2D eigenvalue weighted by molar-refractivity contribution is 5.99. The molecule has 0 radical (unpaired) electrons. The average molecular weight is 425 g/mol. The number of hydrogen-bond acceptors (Lipinski definition) is 5. The second-order valence-corrected chi connectivity index (χ2v) is 6.64. The smallest absolute Gasteiger partial charge is 0.391 e. The van der Waals surface area contributed by atoms with Crippen LogP contribution in [0.2, 0.25) is 0 Å². The quantitative estimate of drug-likeness (QED) is 0.389. The first-order chi connectivity index (χ1) is 13.5. The SMILES string of the molecule is CNc1cc(OCC(F)F)c(C(=O)N[C@H]2CC[C@H](C(F)(F)F)CC2)cc1[N+](=O)[O-]. The molecule has 0 atom stereocenters. The minimum absolute atomic E-state index is 0.0403. The van der Waals surface area contributed by atoms with Gasteiger partial charge in [-0.05, 0) is 25.7 Å². The number of nitrogens with one attached hydrogen (secondary N) is 2. The molecule has 1 aromatic rings. The summed E-state index contributed by atoms with van der Waals surface area (Å²) >= 11 is 0. The predicted octanol–water partition coefficient (Wildman–Crippen LogP) is 4.13. The molecule has 1 aliphatic carbocycles. The molecule has 0 aliphatic heterocycles. The minimum atomic E-state index is -4.30. The maximum Gasteiger partial charge on any atom is 0.391 e. The van der Waals surface area contributed by atoms with Gasteiger partial charge in [-0.3, -0.25) is 14.9 Å². The van der Waals surface area contributed by atoms with E-state index in [0.717, 1.165) is 12.1 Å². The molecule has 1 saturated carbocycles. The van der Waals surface area contributed by atoms with Gasteiger partial charge in [-0.15, -0.1) is 0 Å². The number of anilines is 1. The molecule has 0 spiro atoms. The van der Waals surface area contributed by atoms with Gasteiger partial charge in [0.25, 0.3) is 18.0 Å². The van der Waals surface area contributed by atoms with Gasteiger partial charge in [0, 0.05) is 25.2 Å². The monoisotopic (exact) mass is 425 g/mol. The Hall–Kier alpha value is -2.66. The maximum absolute atomic E-state index is 12.8. The van der Waals surface area contributed by atoms with Crippen LogP contribution in [0.5, 0.6) is 5.75 Å². The van der Waals surface area contributed by atoms with E-state index in [1.807, 2.05) is 0 Å². The van der Waals surface area contributed by atoms with E-state index in [-0.39, 0.29) is 42.7 Å². The molecule has 2 rings (SSSR count). The number of amides is 1. The van der Waals surface area contributed by atoms with E-state index in [2.05, 4.69) is 10.6 Å². The molecule has 1 aromatic carbocycles. The Morgan fingerprint density at radius 2 is 1.90 bits per heavy atom. The van der Waals surface area contributed by atoms with E-state index in [0.29, 0.717) is 0 Å². The third-order valence-corrected chi connectivity index (χ3v) is 4.70. The lowest BCUT2D eigenvalue weighted by Crippen LogP contribution is -2.40. The summed E-state index contributed by atoms with van der Waals surface area (Å²) in [7, 11) is 1.37. The number of rotatable bonds is 7. The molecule has 0 saturated heterocycles. The van der Waals surface area contributed by atoms with Crippen molar-refractivity contribution in [3.8, 4) is 5.75 Å². The van der Waals surface area contributed by atoms with Crippen LogP contribution in [0.3, 0.4) is 0 Å². The van der Waals surface area contributed by atoms with Crippen LogP contribution in [0, 0.1) is 16.0 Å². The molecular weight excluding hydrogens is 405 g/mol. The highest BCUT2D eigenvalue weighted by Crippen LogP contribution is 2.38. The van der Waals surface area contributed by atoms with E-state index in [4.69, 9.17) is 4.74 Å². The third-order valence-electron chi connectivity index (χ3n) is 4.70. The number of alkyl halides is 5. The fourth-order valence-electron chi connectivity index (χ4n) is 3.20. The van der Waals surface area contributed by atoms with Crippen LogP contribution < -0.4 is 15.4 Å². The van der Waals surface area contributed by atoms with Crippen molar-refractivity contribution in [3.63, 3.8) is 0 Å². The molecule has 2 N–H and O–H groups in total. The van der Waals surface area contributed by atoms with Gasteiger partial charge in [-0.2, -0.15) is 13.2 Å². The Bertz CT molecular complexity index is 749. The number of halogens is 5. The van der Waals surface area contributed by atoms with Crippen molar-refractivity contribution >= 4 is 17.3 Å². The summed E-state index contributed by atoms with van der Waals surface area (Å²) in [6.07, 6.45) is -7.27. The topological polar surface area (TPSA) is 93.5 Å². The first-order valence-corrected chi connectivity index (χ1v) is 8.81. The number of nitro groups is 1. The fraction of sp³-hybridized carbons (Fsp3) is 0.588. The first kappa shape index (κ1) is 22.6. The second-order valence-electron chi connectivity index (χ2n) is 6.64. The van der Waals surface area contributed by atoms with Crippen molar-refractivity contribution in [1.29, 1.82) is 0 Å². The molecule has 0 heterocycles. The van der Waals surface area contributed by atoms with E-state index in [1.54, 1.807) is 0 Å². The average Bonchev–Trinajstić information content (AvgIpc) is 2.65. The molecule has 29 heavy (non-hydrogen) atoms. The van der Waals surface area contributed by atoms with Gasteiger partial charge < -0.3 is 15.4 Å². The Labute approximate surface area is 162 Å². The van der Waals surface area contributed by atoms with Gasteiger partial charge in [0.05, 0.1) is 16.4 Å². The number of hydrogen-bond donors (Lipinski definition) is 2. The lowest BCUT2D eigenvalue weighted by atomic mass is 9.85. The van der Waals surface area contributed by atoms with Gasteiger partial charge in [-0.25, -0.2) is 8.78 Å². The van der Waals surface area contributed by atoms with Crippen molar-refractivity contribution in [1.82, 2.24) is 5.32 Å². The van der Waals surface area contributed by atoms with E-state index < -0.39 is 47.7 Å². The Morgan fingerprint density at radius 3 is 2.38 bits per heavy atom. The Morgan fingerprint density at radius 1 is 1.28 bits per heavy atom. The van der Waals surface area contributed by atoms with E-state index in [1.165, 1.54) is 7.05 Å². The van der Waals surface area contributed by atoms with Crippen molar-refractivity contribution in [2.24, 2.45) is 5.92 Å². The molecule has 7 nitrogen and oxygen atoms in total. The lowest BCUT2D eigenvalue weighted by molar-refractivity contribution is -0.384. The third kappa shape index (κ3) is 5.91. The predicted molar refractivity (Wildman–Crippen MR) is 93.4 cm³/mol. The van der Waals surface area contributed by atoms with Crippen LogP contribution in [0.15, 0.2) is 12.1 Å². The van der Waals surface area contributed by atoms with Crippen molar-refractivity contribution in [3.05, 3.63) is 27.8 Å². The molecule has 1 amide bonds. The zero-order chi connectivity index (χ0) is 21.8. The van der Waals surface area contributed by atoms with E-state index in [9.17, 15) is 36.9 Å². The number of carbonyl (C=O) groups is 1. The van der Waals surface area contributed by atoms with Crippen LogP contribution in [0.4, 0.5) is 33.3 Å². The maximum atomic E-state index is 12.8. The summed E-state index contributed by atoms with van der Waals surface area (Å²) < 4.78 is 68.2. The number of nitro benzene ring substituents is 1. The van der Waals surface area contributed by atoms with Gasteiger partial charge in [0.15, 0.2) is 0 Å². The fourth-order valence-corrected chi connectivity index (χ4v) is 3.20. The van der Waals surface area contributed by atoms with Gasteiger partial charge >= 0.3 is 6.18 Å². The number of benzene rings is 1. The van der Waals surface area contributed by atoms with Crippen LogP contribution in [-0.4, -0.2) is 43.1 Å². The zero-order valence-corrected chi connectivity index (χ0v) is 15.4. The van der Waals surface area contributed by atoms with Crippen molar-refractivity contribution < 1.29 is 36.4 Å². The molecule has 1 fully saturated rings. The highest BCUT2D eigenvalue weighted by Gasteiger charge is 2.41. The van der Waals surface area contributed by atoms with Crippen molar-refractivity contribution in [2.75, 3.05) is 19.0 Å². The summed E-state index contributed by atoms with van der Waals surface area (Å²) in [6, 6.07) is 1.39. The first-order valence-electron chi connectivity index (χ1n) is 8.81. The van der Waals surface area contributed by atoms with Crippen molar-refractivity contribution in [2.45, 2.75) is 44.3 Å². The van der Waals surface area contributed by atoms with Gasteiger partial charge in [0.1, 0.15) is 18.0 Å². The number of carbonyl (C=O) groups excluding carboxylic acids is 1. The Kier molecular flexibility index (Phi) is 7.20. The molecule has 1 aliphatic rings. The zero-order valence-electron chi connectivity index (χ0n) is 15.4. The van der Waals surface area contributed by atoms with E-state index >= 15 is 0 Å². The normalized spacial score (nSPS) is 19.7. The van der Waals surface area contributed by atoms with Crippen LogP contribution in [0.25, 0.3) is 0 Å². The largest absolute Gasteiger partial charge is 0.487 e. The summed E-state index contributed by atoms with van der Waals surface area (Å²) in [5.41, 5.74) is -0.848. The summed E-state index contributed by atoms with van der Waals surface area (Å²) in [6.45, 7) is -1.03. The van der Waals surface area contributed by atoms with Crippen LogP contribution >= 0.6 is 0 Å². The highest BCUT2D eigenvalue weighted by atomic mass is 19.4. The number of ether oxygens (including phenoxy) is 1. The Balaban J connectivity index is 2.21. The summed E-state index contributed by atoms with van der Waals surface area (Å²) in [4.78, 5) is 23.1. The lowest BCUT2D eigenvalue weighted by Gasteiger charge is -2.30. The second kappa shape index (κ2) is 9.23. The molecule has 0 bridgehead atoms.